The number of benzene rings is 1. The Morgan fingerprint density at radius 2 is 1.84 bits per heavy atom. The molecule has 2 aliphatic rings. The van der Waals surface area contributed by atoms with Crippen molar-refractivity contribution in [2.75, 3.05) is 11.9 Å². The van der Waals surface area contributed by atoms with Crippen LogP contribution in [0.4, 0.5) is 10.1 Å². The summed E-state index contributed by atoms with van der Waals surface area (Å²) >= 11 is 3.15. The molecule has 2 atom stereocenters. The van der Waals surface area contributed by atoms with Crippen molar-refractivity contribution in [2.45, 2.75) is 25.7 Å². The Morgan fingerprint density at radius 1 is 1.20 bits per heavy atom. The highest BCUT2D eigenvalue weighted by molar-refractivity contribution is 9.10. The number of amides is 3. The first-order valence-corrected chi connectivity index (χ1v) is 9.02. The van der Waals surface area contributed by atoms with Gasteiger partial charge in [0.25, 0.3) is 0 Å². The largest absolute Gasteiger partial charge is 0.324 e. The normalized spacial score (nSPS) is 22.2. The lowest BCUT2D eigenvalue weighted by atomic mass is 9.85. The predicted octanol–water partition coefficient (Wildman–Crippen LogP) is 3.26. The van der Waals surface area contributed by atoms with Gasteiger partial charge in [0.1, 0.15) is 5.82 Å². The Hall–Kier alpha value is -2.02. The molecule has 3 amide bonds. The Bertz CT molecular complexity index is 724. The van der Waals surface area contributed by atoms with Crippen LogP contribution in [0, 0.1) is 17.7 Å². The molecule has 1 aromatic rings. The van der Waals surface area contributed by atoms with Gasteiger partial charge in [-0.3, -0.25) is 19.3 Å². The molecule has 1 aromatic carbocycles. The number of nitrogens with one attached hydrogen (secondary N) is 1. The number of nitrogens with zero attached hydrogens (tertiary/aromatic N) is 1. The maximum atomic E-state index is 13.7. The number of carbonyl (C=O) groups is 3. The number of halogens is 2. The molecular weight excluding hydrogens is 391 g/mol. The number of rotatable bonds is 5. The van der Waals surface area contributed by atoms with Gasteiger partial charge < -0.3 is 5.32 Å². The number of imide groups is 1. The average molecular weight is 409 g/mol. The highest BCUT2D eigenvalue weighted by atomic mass is 79.9. The van der Waals surface area contributed by atoms with Crippen LogP contribution in [0.15, 0.2) is 34.8 Å². The molecule has 5 nitrogen and oxygen atoms in total. The summed E-state index contributed by atoms with van der Waals surface area (Å²) in [5.41, 5.74) is 0.110. The molecule has 7 heteroatoms. The van der Waals surface area contributed by atoms with E-state index >= 15 is 0 Å². The summed E-state index contributed by atoms with van der Waals surface area (Å²) in [7, 11) is 0. The molecular formula is C18H18BrFN2O3. The Morgan fingerprint density at radius 3 is 2.44 bits per heavy atom. The third-order valence-electron chi connectivity index (χ3n) is 4.59. The third-order valence-corrected chi connectivity index (χ3v) is 5.08. The fourth-order valence-electron chi connectivity index (χ4n) is 3.29. The topological polar surface area (TPSA) is 66.5 Å². The zero-order valence-corrected chi connectivity index (χ0v) is 15.1. The lowest BCUT2D eigenvalue weighted by molar-refractivity contribution is -0.140. The van der Waals surface area contributed by atoms with Gasteiger partial charge in [0.2, 0.25) is 17.7 Å². The number of anilines is 1. The molecule has 0 saturated carbocycles. The number of likely N-dealkylation sites (tertiary alicyclic amines) is 1. The van der Waals surface area contributed by atoms with Gasteiger partial charge in [0.05, 0.1) is 17.5 Å². The van der Waals surface area contributed by atoms with E-state index in [4.69, 9.17) is 0 Å². The van der Waals surface area contributed by atoms with Crippen molar-refractivity contribution in [1.82, 2.24) is 4.90 Å². The van der Waals surface area contributed by atoms with E-state index in [1.165, 1.54) is 17.0 Å². The van der Waals surface area contributed by atoms with Gasteiger partial charge >= 0.3 is 0 Å². The Labute approximate surface area is 153 Å². The number of fused-ring (bicyclic) bond motifs is 1. The standard InChI is InChI=1S/C18H18BrFN2O3/c19-11-7-8-15(14(20)10-11)21-16(23)6-3-9-22-17(24)12-4-1-2-5-13(12)18(22)25/h1-2,7-8,10,12-13H,3-6,9H2,(H,21,23)/t12-,13-/m0/s1. The van der Waals surface area contributed by atoms with Gasteiger partial charge in [-0.2, -0.15) is 0 Å². The SMILES string of the molecule is O=C(CCCN1C(=O)[C@H]2CC=CC[C@@H]2C1=O)Nc1ccc(Br)cc1F. The van der Waals surface area contributed by atoms with Gasteiger partial charge in [-0.05, 0) is 37.5 Å². The predicted molar refractivity (Wildman–Crippen MR) is 94.0 cm³/mol. The molecule has 3 rings (SSSR count). The Kier molecular flexibility index (Phi) is 5.32. The van der Waals surface area contributed by atoms with Crippen LogP contribution in [-0.2, 0) is 14.4 Å². The molecule has 1 heterocycles. The number of hydrogen-bond acceptors (Lipinski definition) is 3. The van der Waals surface area contributed by atoms with E-state index in [0.717, 1.165) is 0 Å². The molecule has 1 fully saturated rings. The first-order chi connectivity index (χ1) is 12.0. The lowest BCUT2D eigenvalue weighted by Gasteiger charge is -2.14. The lowest BCUT2D eigenvalue weighted by Crippen LogP contribution is -2.32. The van der Waals surface area contributed by atoms with Crippen molar-refractivity contribution in [3.8, 4) is 0 Å². The average Bonchev–Trinajstić information content (AvgIpc) is 2.83. The van der Waals surface area contributed by atoms with E-state index in [-0.39, 0.29) is 48.2 Å². The van der Waals surface area contributed by atoms with Crippen molar-refractivity contribution in [3.63, 3.8) is 0 Å². The molecule has 1 aliphatic heterocycles. The summed E-state index contributed by atoms with van der Waals surface area (Å²) in [6, 6.07) is 4.38. The maximum Gasteiger partial charge on any atom is 0.233 e. The van der Waals surface area contributed by atoms with Crippen LogP contribution in [0.1, 0.15) is 25.7 Å². The van der Waals surface area contributed by atoms with Crippen LogP contribution >= 0.6 is 15.9 Å². The summed E-state index contributed by atoms with van der Waals surface area (Å²) in [5.74, 6) is -1.65. The fraction of sp³-hybridized carbons (Fsp3) is 0.389. The first-order valence-electron chi connectivity index (χ1n) is 8.22. The summed E-state index contributed by atoms with van der Waals surface area (Å²) in [6.45, 7) is 0.223. The molecule has 1 N–H and O–H groups in total. The molecule has 132 valence electrons. The molecule has 0 bridgehead atoms. The second kappa shape index (κ2) is 7.47. The molecule has 0 aromatic heterocycles. The second-order valence-electron chi connectivity index (χ2n) is 6.26. The van der Waals surface area contributed by atoms with E-state index in [9.17, 15) is 18.8 Å². The van der Waals surface area contributed by atoms with Crippen molar-refractivity contribution >= 4 is 39.3 Å². The number of carbonyl (C=O) groups excluding carboxylic acids is 3. The second-order valence-corrected chi connectivity index (χ2v) is 7.18. The van der Waals surface area contributed by atoms with Crippen LogP contribution < -0.4 is 5.32 Å². The Balaban J connectivity index is 1.50. The molecule has 1 saturated heterocycles. The van der Waals surface area contributed by atoms with E-state index in [1.54, 1.807) is 6.07 Å². The minimum Gasteiger partial charge on any atom is -0.324 e. The van der Waals surface area contributed by atoms with Crippen LogP contribution in [0.25, 0.3) is 0 Å². The fourth-order valence-corrected chi connectivity index (χ4v) is 3.62. The van der Waals surface area contributed by atoms with Crippen LogP contribution in [-0.4, -0.2) is 29.2 Å². The molecule has 1 aliphatic carbocycles. The summed E-state index contributed by atoms with van der Waals surface area (Å²) in [4.78, 5) is 37.8. The third kappa shape index (κ3) is 3.81. The van der Waals surface area contributed by atoms with Gasteiger partial charge in [0, 0.05) is 17.4 Å². The molecule has 0 unspecified atom stereocenters. The van der Waals surface area contributed by atoms with E-state index in [2.05, 4.69) is 21.2 Å². The van der Waals surface area contributed by atoms with Crippen molar-refractivity contribution in [1.29, 1.82) is 0 Å². The smallest absolute Gasteiger partial charge is 0.233 e. The quantitative estimate of drug-likeness (QED) is 0.600. The molecule has 0 spiro atoms. The summed E-state index contributed by atoms with van der Waals surface area (Å²) in [5, 5.41) is 2.50. The monoisotopic (exact) mass is 408 g/mol. The first kappa shape index (κ1) is 17.8. The highest BCUT2D eigenvalue weighted by Gasteiger charge is 2.46. The van der Waals surface area contributed by atoms with Crippen molar-refractivity contribution < 1.29 is 18.8 Å². The zero-order valence-electron chi connectivity index (χ0n) is 13.5. The minimum absolute atomic E-state index is 0.110. The molecule has 25 heavy (non-hydrogen) atoms. The van der Waals surface area contributed by atoms with Crippen molar-refractivity contribution in [2.24, 2.45) is 11.8 Å². The summed E-state index contributed by atoms with van der Waals surface area (Å²) in [6.07, 6.45) is 5.56. The molecule has 0 radical (unpaired) electrons. The number of allylic oxidation sites excluding steroid dienone is 2. The van der Waals surface area contributed by atoms with E-state index in [0.29, 0.717) is 23.7 Å². The van der Waals surface area contributed by atoms with Crippen LogP contribution in [0.2, 0.25) is 0 Å². The highest BCUT2D eigenvalue weighted by Crippen LogP contribution is 2.35. The maximum absolute atomic E-state index is 13.7. The van der Waals surface area contributed by atoms with Crippen LogP contribution in [0.5, 0.6) is 0 Å². The van der Waals surface area contributed by atoms with Crippen LogP contribution in [0.3, 0.4) is 0 Å². The van der Waals surface area contributed by atoms with Gasteiger partial charge in [-0.15, -0.1) is 0 Å². The van der Waals surface area contributed by atoms with Gasteiger partial charge in [-0.25, -0.2) is 4.39 Å². The van der Waals surface area contributed by atoms with Gasteiger partial charge in [0.15, 0.2) is 0 Å². The van der Waals surface area contributed by atoms with E-state index in [1.807, 2.05) is 12.2 Å². The zero-order chi connectivity index (χ0) is 18.0. The van der Waals surface area contributed by atoms with Crippen molar-refractivity contribution in [3.05, 3.63) is 40.6 Å². The summed E-state index contributed by atoms with van der Waals surface area (Å²) < 4.78 is 14.3. The van der Waals surface area contributed by atoms with E-state index < -0.39 is 5.82 Å². The number of hydrogen-bond donors (Lipinski definition) is 1. The van der Waals surface area contributed by atoms with Gasteiger partial charge in [-0.1, -0.05) is 28.1 Å². The minimum atomic E-state index is -0.524.